The molecule has 0 saturated heterocycles. The summed E-state index contributed by atoms with van der Waals surface area (Å²) in [5.74, 6) is 0.349. The van der Waals surface area contributed by atoms with Crippen molar-refractivity contribution in [2.24, 2.45) is 0 Å². The summed E-state index contributed by atoms with van der Waals surface area (Å²) < 4.78 is 33.9. The van der Waals surface area contributed by atoms with Gasteiger partial charge in [0.05, 0.1) is 10.9 Å². The van der Waals surface area contributed by atoms with Crippen molar-refractivity contribution in [1.82, 2.24) is 9.71 Å². The number of nitrogens with zero attached hydrogens (tertiary/aromatic N) is 1. The smallest absolute Gasteiger partial charge is 0.241 e. The van der Waals surface area contributed by atoms with E-state index in [2.05, 4.69) is 9.71 Å². The van der Waals surface area contributed by atoms with Crippen molar-refractivity contribution >= 4 is 21.1 Å². The van der Waals surface area contributed by atoms with Crippen LogP contribution in [0.15, 0.2) is 45.7 Å². The summed E-state index contributed by atoms with van der Waals surface area (Å²) in [6.07, 6.45) is 0. The van der Waals surface area contributed by atoms with E-state index in [1.165, 1.54) is 0 Å². The van der Waals surface area contributed by atoms with Gasteiger partial charge in [-0.2, -0.15) is 4.72 Å². The summed E-state index contributed by atoms with van der Waals surface area (Å²) >= 11 is 0. The monoisotopic (exact) mass is 344 g/mol. The lowest BCUT2D eigenvalue weighted by molar-refractivity contribution is 0.466. The highest BCUT2D eigenvalue weighted by molar-refractivity contribution is 7.89. The Kier molecular flexibility index (Phi) is 4.19. The molecule has 3 aromatic rings. The van der Waals surface area contributed by atoms with Crippen LogP contribution >= 0.6 is 0 Å². The van der Waals surface area contributed by atoms with Crippen LogP contribution in [0.1, 0.15) is 35.5 Å². The zero-order valence-electron chi connectivity index (χ0n) is 14.1. The Morgan fingerprint density at radius 3 is 2.33 bits per heavy atom. The molecule has 0 radical (unpaired) electrons. The molecule has 0 aliphatic carbocycles. The highest BCUT2D eigenvalue weighted by Gasteiger charge is 2.25. The third-order valence-corrected chi connectivity index (χ3v) is 5.73. The number of hydrogen-bond donors (Lipinski definition) is 1. The first-order chi connectivity index (χ1) is 11.3. The molecular weight excluding hydrogens is 324 g/mol. The number of nitrogens with one attached hydrogen (secondary N) is 1. The summed E-state index contributed by atoms with van der Waals surface area (Å²) in [7, 11) is -3.67. The number of fused-ring (bicyclic) bond motifs is 1. The lowest BCUT2D eigenvalue weighted by Crippen LogP contribution is -2.28. The second-order valence-electron chi connectivity index (χ2n) is 6.09. The summed E-state index contributed by atoms with van der Waals surface area (Å²) in [6.45, 7) is 7.28. The second kappa shape index (κ2) is 6.03. The van der Waals surface area contributed by atoms with E-state index in [4.69, 9.17) is 4.42 Å². The Labute approximate surface area is 141 Å². The molecule has 0 saturated carbocycles. The lowest BCUT2D eigenvalue weighted by atomic mass is 10.1. The van der Waals surface area contributed by atoms with Gasteiger partial charge in [0.2, 0.25) is 15.9 Å². The molecular formula is C18H20N2O3S. The number of aromatic nitrogens is 1. The molecule has 5 nitrogen and oxygen atoms in total. The van der Waals surface area contributed by atoms with Crippen LogP contribution in [-0.4, -0.2) is 13.4 Å². The van der Waals surface area contributed by atoms with E-state index in [1.807, 2.05) is 37.3 Å². The van der Waals surface area contributed by atoms with E-state index in [9.17, 15) is 8.42 Å². The highest BCUT2D eigenvalue weighted by Crippen LogP contribution is 2.25. The van der Waals surface area contributed by atoms with Gasteiger partial charge >= 0.3 is 0 Å². The minimum atomic E-state index is -3.67. The molecule has 2 aromatic carbocycles. The van der Waals surface area contributed by atoms with Gasteiger partial charge in [-0.05, 0) is 51.0 Å². The SMILES string of the molecule is Cc1cc(C)c(S(=O)(=O)NC(C)c2nc3ccccc3o2)c(C)c1. The molecule has 0 spiro atoms. The van der Waals surface area contributed by atoms with Crippen LogP contribution in [0, 0.1) is 20.8 Å². The predicted molar refractivity (Wildman–Crippen MR) is 93.4 cm³/mol. The van der Waals surface area contributed by atoms with Gasteiger partial charge < -0.3 is 4.42 Å². The van der Waals surface area contributed by atoms with E-state index in [0.29, 0.717) is 21.9 Å². The first kappa shape index (κ1) is 16.7. The minimum absolute atomic E-state index is 0.316. The van der Waals surface area contributed by atoms with E-state index in [1.54, 1.807) is 26.8 Å². The van der Waals surface area contributed by atoms with Crippen LogP contribution < -0.4 is 4.72 Å². The van der Waals surface area contributed by atoms with E-state index in [0.717, 1.165) is 16.7 Å². The standard InChI is InChI=1S/C18H20N2O3S/c1-11-9-12(2)17(13(3)10-11)24(21,22)20-14(4)18-19-15-7-5-6-8-16(15)23-18/h5-10,14,20H,1-4H3. The molecule has 1 atom stereocenters. The number of oxazole rings is 1. The van der Waals surface area contributed by atoms with E-state index >= 15 is 0 Å². The molecule has 0 amide bonds. The summed E-state index contributed by atoms with van der Waals surface area (Å²) in [5, 5.41) is 0. The Hall–Kier alpha value is -2.18. The third kappa shape index (κ3) is 3.07. The molecule has 126 valence electrons. The van der Waals surface area contributed by atoms with Gasteiger partial charge in [-0.15, -0.1) is 0 Å². The third-order valence-electron chi connectivity index (χ3n) is 3.89. The Bertz CT molecular complexity index is 950. The number of para-hydroxylation sites is 2. The first-order valence-corrected chi connectivity index (χ1v) is 9.22. The Balaban J connectivity index is 1.94. The Morgan fingerprint density at radius 2 is 1.71 bits per heavy atom. The lowest BCUT2D eigenvalue weighted by Gasteiger charge is -2.15. The fourth-order valence-electron chi connectivity index (χ4n) is 3.01. The van der Waals surface area contributed by atoms with Crippen LogP contribution in [0.4, 0.5) is 0 Å². The molecule has 0 bridgehead atoms. The van der Waals surface area contributed by atoms with E-state index < -0.39 is 16.1 Å². The van der Waals surface area contributed by atoms with Gasteiger partial charge in [-0.25, -0.2) is 13.4 Å². The number of rotatable bonds is 4. The van der Waals surface area contributed by atoms with Crippen LogP contribution in [-0.2, 0) is 10.0 Å². The van der Waals surface area contributed by atoms with Gasteiger partial charge in [0.15, 0.2) is 5.58 Å². The highest BCUT2D eigenvalue weighted by atomic mass is 32.2. The zero-order chi connectivity index (χ0) is 17.5. The van der Waals surface area contributed by atoms with Crippen molar-refractivity contribution in [3.05, 3.63) is 59.0 Å². The number of hydrogen-bond acceptors (Lipinski definition) is 4. The van der Waals surface area contributed by atoms with Gasteiger partial charge in [0, 0.05) is 0 Å². The zero-order valence-corrected chi connectivity index (χ0v) is 14.9. The maximum Gasteiger partial charge on any atom is 0.241 e. The number of sulfonamides is 1. The molecule has 1 aromatic heterocycles. The molecule has 3 rings (SSSR count). The molecule has 1 N–H and O–H groups in total. The van der Waals surface area contributed by atoms with Gasteiger partial charge in [0.1, 0.15) is 5.52 Å². The average Bonchev–Trinajstić information content (AvgIpc) is 2.89. The van der Waals surface area contributed by atoms with Crippen LogP contribution in [0.5, 0.6) is 0 Å². The molecule has 0 fully saturated rings. The topological polar surface area (TPSA) is 72.2 Å². The first-order valence-electron chi connectivity index (χ1n) is 7.73. The van der Waals surface area contributed by atoms with Crippen molar-refractivity contribution in [2.45, 2.75) is 38.6 Å². The van der Waals surface area contributed by atoms with Crippen molar-refractivity contribution in [3.8, 4) is 0 Å². The maximum atomic E-state index is 12.8. The van der Waals surface area contributed by atoms with Crippen molar-refractivity contribution in [2.75, 3.05) is 0 Å². The molecule has 1 unspecified atom stereocenters. The van der Waals surface area contributed by atoms with Crippen molar-refractivity contribution < 1.29 is 12.8 Å². The van der Waals surface area contributed by atoms with Crippen molar-refractivity contribution in [3.63, 3.8) is 0 Å². The van der Waals surface area contributed by atoms with Gasteiger partial charge in [-0.3, -0.25) is 0 Å². The van der Waals surface area contributed by atoms with E-state index in [-0.39, 0.29) is 0 Å². The summed E-state index contributed by atoms with van der Waals surface area (Å²) in [6, 6.07) is 10.5. The van der Waals surface area contributed by atoms with Gasteiger partial charge in [-0.1, -0.05) is 29.8 Å². The second-order valence-corrected chi connectivity index (χ2v) is 7.74. The largest absolute Gasteiger partial charge is 0.439 e. The fourth-order valence-corrected chi connectivity index (χ4v) is 4.66. The maximum absolute atomic E-state index is 12.8. The molecule has 6 heteroatoms. The predicted octanol–water partition coefficient (Wildman–Crippen LogP) is 3.79. The fraction of sp³-hybridized carbons (Fsp3) is 0.278. The molecule has 1 heterocycles. The van der Waals surface area contributed by atoms with Crippen LogP contribution in [0.2, 0.25) is 0 Å². The Morgan fingerprint density at radius 1 is 1.08 bits per heavy atom. The van der Waals surface area contributed by atoms with Gasteiger partial charge in [0.25, 0.3) is 0 Å². The normalized spacial score (nSPS) is 13.3. The summed E-state index contributed by atoms with van der Waals surface area (Å²) in [5.41, 5.74) is 3.84. The molecule has 24 heavy (non-hydrogen) atoms. The van der Waals surface area contributed by atoms with Crippen LogP contribution in [0.3, 0.4) is 0 Å². The minimum Gasteiger partial charge on any atom is -0.439 e. The number of aryl methyl sites for hydroxylation is 3. The number of benzene rings is 2. The van der Waals surface area contributed by atoms with Crippen molar-refractivity contribution in [1.29, 1.82) is 0 Å². The summed E-state index contributed by atoms with van der Waals surface area (Å²) in [4.78, 5) is 4.67. The molecule has 0 aliphatic heterocycles. The van der Waals surface area contributed by atoms with Crippen LogP contribution in [0.25, 0.3) is 11.1 Å². The molecule has 0 aliphatic rings. The average molecular weight is 344 g/mol. The quantitative estimate of drug-likeness (QED) is 0.781.